The Bertz CT molecular complexity index is 2500. The van der Waals surface area contributed by atoms with Crippen LogP contribution in [0.2, 0.25) is 5.02 Å². The van der Waals surface area contributed by atoms with Gasteiger partial charge in [0.15, 0.2) is 0 Å². The van der Waals surface area contributed by atoms with Crippen LogP contribution in [0.5, 0.6) is 0 Å². The highest BCUT2D eigenvalue weighted by atomic mass is 35.5. The topological polar surface area (TPSA) is 4.93 Å². The minimum Gasteiger partial charge on any atom is -0.309 e. The maximum absolute atomic E-state index is 6.38. The zero-order chi connectivity index (χ0) is 27.1. The number of aromatic nitrogens is 1. The second-order valence-corrected chi connectivity index (χ2v) is 12.2. The average Bonchev–Trinajstić information content (AvgIpc) is 3.54. The molecule has 0 amide bonds. The Balaban J connectivity index is 1.33. The van der Waals surface area contributed by atoms with E-state index in [-0.39, 0.29) is 0 Å². The summed E-state index contributed by atoms with van der Waals surface area (Å²) in [7, 11) is 0. The van der Waals surface area contributed by atoms with Crippen LogP contribution < -0.4 is 0 Å². The van der Waals surface area contributed by atoms with Crippen molar-refractivity contribution < 1.29 is 0 Å². The van der Waals surface area contributed by atoms with Crippen molar-refractivity contribution in [2.24, 2.45) is 0 Å². The maximum Gasteiger partial charge on any atom is 0.0547 e. The molecule has 0 saturated carbocycles. The fraction of sp³-hybridized carbons (Fsp3) is 0. The van der Waals surface area contributed by atoms with Gasteiger partial charge in [0.25, 0.3) is 0 Å². The molecule has 2 aromatic heterocycles. The Morgan fingerprint density at radius 2 is 1.24 bits per heavy atom. The molecule has 1 nitrogen and oxygen atoms in total. The first-order valence-electron chi connectivity index (χ1n) is 13.8. The zero-order valence-corrected chi connectivity index (χ0v) is 23.5. The highest BCUT2D eigenvalue weighted by Crippen LogP contribution is 2.44. The summed E-state index contributed by atoms with van der Waals surface area (Å²) in [6, 6.07) is 48.5. The van der Waals surface area contributed by atoms with Gasteiger partial charge in [-0.15, -0.1) is 11.3 Å². The van der Waals surface area contributed by atoms with Crippen molar-refractivity contribution in [2.75, 3.05) is 0 Å². The van der Waals surface area contributed by atoms with Crippen LogP contribution in [-0.4, -0.2) is 4.57 Å². The standard InChI is InChI=1S/C38H22ClNS/c39-26-16-17-31-36(21-26)41-37-22-32(28-12-3-4-14-30(28)38(31)37)25-10-7-11-27(18-25)40-34-15-6-5-13-29(34)33-19-23-8-1-2-9-24(23)20-35(33)40/h1-22H. The van der Waals surface area contributed by atoms with Gasteiger partial charge in [-0.2, -0.15) is 0 Å². The predicted molar refractivity (Wildman–Crippen MR) is 179 cm³/mol. The van der Waals surface area contributed by atoms with Crippen molar-refractivity contribution >= 4 is 86.5 Å². The van der Waals surface area contributed by atoms with E-state index in [1.807, 2.05) is 17.4 Å². The highest BCUT2D eigenvalue weighted by Gasteiger charge is 2.16. The van der Waals surface area contributed by atoms with Gasteiger partial charge in [-0.3, -0.25) is 0 Å². The van der Waals surface area contributed by atoms with Crippen LogP contribution in [0.15, 0.2) is 133 Å². The molecule has 0 atom stereocenters. The number of hydrogen-bond acceptors (Lipinski definition) is 1. The van der Waals surface area contributed by atoms with Crippen LogP contribution in [0.4, 0.5) is 0 Å². The van der Waals surface area contributed by atoms with E-state index < -0.39 is 0 Å². The maximum atomic E-state index is 6.38. The molecular weight excluding hydrogens is 538 g/mol. The van der Waals surface area contributed by atoms with Crippen LogP contribution in [0, 0.1) is 0 Å². The van der Waals surface area contributed by atoms with Crippen LogP contribution >= 0.6 is 22.9 Å². The quantitative estimate of drug-likeness (QED) is 0.198. The van der Waals surface area contributed by atoms with Gasteiger partial charge in [-0.25, -0.2) is 0 Å². The fourth-order valence-corrected chi connectivity index (χ4v) is 8.04. The van der Waals surface area contributed by atoms with Crippen molar-refractivity contribution in [3.8, 4) is 16.8 Å². The van der Waals surface area contributed by atoms with E-state index in [9.17, 15) is 0 Å². The lowest BCUT2D eigenvalue weighted by atomic mass is 9.95. The zero-order valence-electron chi connectivity index (χ0n) is 21.9. The Morgan fingerprint density at radius 3 is 2.12 bits per heavy atom. The minimum atomic E-state index is 0.778. The Labute approximate surface area is 245 Å². The van der Waals surface area contributed by atoms with Gasteiger partial charge >= 0.3 is 0 Å². The van der Waals surface area contributed by atoms with Gasteiger partial charge in [-0.05, 0) is 81.2 Å². The van der Waals surface area contributed by atoms with E-state index in [2.05, 4.69) is 132 Å². The van der Waals surface area contributed by atoms with Gasteiger partial charge in [0.2, 0.25) is 0 Å². The molecule has 0 fully saturated rings. The third-order valence-corrected chi connectivity index (χ3v) is 9.73. The number of hydrogen-bond donors (Lipinski definition) is 0. The van der Waals surface area contributed by atoms with E-state index in [0.29, 0.717) is 0 Å². The van der Waals surface area contributed by atoms with E-state index in [1.54, 1.807) is 0 Å². The Hall–Kier alpha value is -4.63. The first-order chi connectivity index (χ1) is 20.2. The van der Waals surface area contributed by atoms with Crippen LogP contribution in [-0.2, 0) is 0 Å². The smallest absolute Gasteiger partial charge is 0.0547 e. The van der Waals surface area contributed by atoms with Crippen molar-refractivity contribution in [3.63, 3.8) is 0 Å². The number of thiophene rings is 1. The third kappa shape index (κ3) is 3.42. The molecule has 2 heterocycles. The van der Waals surface area contributed by atoms with Gasteiger partial charge in [0.1, 0.15) is 0 Å². The molecule has 192 valence electrons. The largest absolute Gasteiger partial charge is 0.309 e. The second-order valence-electron chi connectivity index (χ2n) is 10.7. The number of halogens is 1. The lowest BCUT2D eigenvalue weighted by Crippen LogP contribution is -1.94. The monoisotopic (exact) mass is 559 g/mol. The normalized spacial score (nSPS) is 12.0. The number of benzene rings is 7. The van der Waals surface area contributed by atoms with Crippen molar-refractivity contribution in [2.45, 2.75) is 0 Å². The molecule has 0 N–H and O–H groups in total. The number of para-hydroxylation sites is 1. The van der Waals surface area contributed by atoms with Crippen LogP contribution in [0.3, 0.4) is 0 Å². The van der Waals surface area contributed by atoms with E-state index in [1.165, 1.54) is 74.6 Å². The third-order valence-electron chi connectivity index (χ3n) is 8.40. The summed E-state index contributed by atoms with van der Waals surface area (Å²) < 4.78 is 4.92. The van der Waals surface area contributed by atoms with Crippen molar-refractivity contribution in [1.82, 2.24) is 4.57 Å². The van der Waals surface area contributed by atoms with Gasteiger partial charge in [-0.1, -0.05) is 96.5 Å². The molecule has 7 aromatic carbocycles. The molecule has 9 aromatic rings. The lowest BCUT2D eigenvalue weighted by Gasteiger charge is -2.13. The number of nitrogens with zero attached hydrogens (tertiary/aromatic N) is 1. The van der Waals surface area contributed by atoms with E-state index in [4.69, 9.17) is 11.6 Å². The molecule has 0 unspecified atom stereocenters. The predicted octanol–water partition coefficient (Wildman–Crippen LogP) is 11.8. The molecule has 0 bridgehead atoms. The Kier molecular flexibility index (Phi) is 4.89. The van der Waals surface area contributed by atoms with E-state index in [0.717, 1.165) is 10.7 Å². The summed E-state index contributed by atoms with van der Waals surface area (Å²) in [5.41, 5.74) is 6.07. The Morgan fingerprint density at radius 1 is 0.488 bits per heavy atom. The second kappa shape index (κ2) is 8.68. The van der Waals surface area contributed by atoms with Gasteiger partial charge < -0.3 is 4.57 Å². The summed E-state index contributed by atoms with van der Waals surface area (Å²) in [6.45, 7) is 0. The minimum absolute atomic E-state index is 0.778. The molecule has 0 aliphatic rings. The summed E-state index contributed by atoms with van der Waals surface area (Å²) >= 11 is 8.19. The average molecular weight is 560 g/mol. The summed E-state index contributed by atoms with van der Waals surface area (Å²) in [5.74, 6) is 0. The summed E-state index contributed by atoms with van der Waals surface area (Å²) in [4.78, 5) is 0. The molecule has 3 heteroatoms. The summed E-state index contributed by atoms with van der Waals surface area (Å²) in [5, 5.41) is 11.0. The van der Waals surface area contributed by atoms with Crippen molar-refractivity contribution in [1.29, 1.82) is 0 Å². The molecule has 0 aliphatic heterocycles. The van der Waals surface area contributed by atoms with Gasteiger partial charge in [0.05, 0.1) is 11.0 Å². The first kappa shape index (κ1) is 23.1. The van der Waals surface area contributed by atoms with E-state index >= 15 is 0 Å². The molecular formula is C38H22ClNS. The molecule has 9 rings (SSSR count). The van der Waals surface area contributed by atoms with Crippen LogP contribution in [0.25, 0.3) is 80.3 Å². The van der Waals surface area contributed by atoms with Gasteiger partial charge in [0, 0.05) is 41.7 Å². The SMILES string of the molecule is Clc1ccc2c(c1)sc1cc(-c3cccc(-n4c5ccccc5c5cc6ccccc6cc54)c3)c3ccccc3c12. The summed E-state index contributed by atoms with van der Waals surface area (Å²) in [6.07, 6.45) is 0. The van der Waals surface area contributed by atoms with Crippen LogP contribution in [0.1, 0.15) is 0 Å². The molecule has 0 radical (unpaired) electrons. The van der Waals surface area contributed by atoms with Crippen molar-refractivity contribution in [3.05, 3.63) is 138 Å². The number of fused-ring (bicyclic) bond motifs is 9. The molecule has 0 spiro atoms. The highest BCUT2D eigenvalue weighted by molar-refractivity contribution is 7.26. The molecule has 0 saturated heterocycles. The first-order valence-corrected chi connectivity index (χ1v) is 15.0. The molecule has 41 heavy (non-hydrogen) atoms. The molecule has 0 aliphatic carbocycles. The lowest BCUT2D eigenvalue weighted by molar-refractivity contribution is 1.18. The number of rotatable bonds is 2. The fourth-order valence-electron chi connectivity index (χ4n) is 6.60.